The van der Waals surface area contributed by atoms with Gasteiger partial charge in [0.1, 0.15) is 12.9 Å². The summed E-state index contributed by atoms with van der Waals surface area (Å²) in [5.41, 5.74) is 1.53. The van der Waals surface area contributed by atoms with E-state index < -0.39 is 18.2 Å². The molecule has 0 unspecified atom stereocenters. The number of unbranched alkanes of at least 4 members (excludes halogenated alkanes) is 3. The molecule has 0 saturated heterocycles. The van der Waals surface area contributed by atoms with Crippen molar-refractivity contribution in [1.82, 2.24) is 0 Å². The highest BCUT2D eigenvalue weighted by atomic mass is 19.1. The van der Waals surface area contributed by atoms with Crippen molar-refractivity contribution in [3.63, 3.8) is 0 Å². The maximum absolute atomic E-state index is 13.7. The van der Waals surface area contributed by atoms with Gasteiger partial charge < -0.3 is 20.2 Å². The molecule has 6 nitrogen and oxygen atoms in total. The molecule has 4 atom stereocenters. The number of aliphatic hydroxyl groups is 2. The van der Waals surface area contributed by atoms with Gasteiger partial charge in [-0.3, -0.25) is 4.79 Å². The van der Waals surface area contributed by atoms with E-state index in [1.807, 2.05) is 6.07 Å². The van der Waals surface area contributed by atoms with Crippen LogP contribution in [0.5, 0.6) is 0 Å². The third kappa shape index (κ3) is 8.87. The average molecular weight is 452 g/mol. The number of carbonyl (C=O) groups is 1. The largest absolute Gasteiger partial charge is 0.481 e. The Labute approximate surface area is 190 Å². The zero-order valence-corrected chi connectivity index (χ0v) is 19.1. The fourth-order valence-corrected chi connectivity index (χ4v) is 4.78. The molecule has 32 heavy (non-hydrogen) atoms. The van der Waals surface area contributed by atoms with Crippen molar-refractivity contribution in [1.29, 1.82) is 0 Å². The predicted molar refractivity (Wildman–Crippen MR) is 122 cm³/mol. The van der Waals surface area contributed by atoms with E-state index in [2.05, 4.69) is 5.16 Å². The minimum Gasteiger partial charge on any atom is -0.481 e. The van der Waals surface area contributed by atoms with Crippen LogP contribution in [0.15, 0.2) is 29.4 Å². The molecule has 2 rings (SSSR count). The molecule has 1 saturated carbocycles. The Morgan fingerprint density at radius 3 is 2.62 bits per heavy atom. The monoisotopic (exact) mass is 451 g/mol. The Morgan fingerprint density at radius 2 is 1.91 bits per heavy atom. The van der Waals surface area contributed by atoms with E-state index in [4.69, 9.17) is 9.94 Å². The second-order valence-electron chi connectivity index (χ2n) is 8.87. The zero-order valence-electron chi connectivity index (χ0n) is 19.1. The highest BCUT2D eigenvalue weighted by Gasteiger charge is 2.39. The summed E-state index contributed by atoms with van der Waals surface area (Å²) in [7, 11) is 1.50. The molecule has 0 spiro atoms. The predicted octanol–water partition coefficient (Wildman–Crippen LogP) is 4.71. The Bertz CT molecular complexity index is 726. The van der Waals surface area contributed by atoms with Gasteiger partial charge in [-0.2, -0.15) is 0 Å². The molecular weight excluding hydrogens is 413 g/mol. The Morgan fingerprint density at radius 1 is 1.16 bits per heavy atom. The van der Waals surface area contributed by atoms with Crippen LogP contribution < -0.4 is 0 Å². The lowest BCUT2D eigenvalue weighted by molar-refractivity contribution is -0.137. The number of hydrogen-bond acceptors (Lipinski definition) is 5. The maximum Gasteiger partial charge on any atom is 0.303 e. The summed E-state index contributed by atoms with van der Waals surface area (Å²) in [5, 5.41) is 33.9. The number of halogens is 1. The van der Waals surface area contributed by atoms with Crippen LogP contribution in [0.2, 0.25) is 0 Å². The molecule has 180 valence electrons. The van der Waals surface area contributed by atoms with Crippen molar-refractivity contribution in [2.24, 2.45) is 17.0 Å². The first kappa shape index (κ1) is 26.3. The van der Waals surface area contributed by atoms with Crippen molar-refractivity contribution < 1.29 is 29.3 Å². The molecule has 3 N–H and O–H groups in total. The van der Waals surface area contributed by atoms with Crippen LogP contribution in [0.25, 0.3) is 0 Å². The third-order valence-electron chi connectivity index (χ3n) is 6.50. The average Bonchev–Trinajstić information content (AvgIpc) is 3.04. The van der Waals surface area contributed by atoms with Crippen molar-refractivity contribution in [3.8, 4) is 0 Å². The van der Waals surface area contributed by atoms with E-state index >= 15 is 0 Å². The first-order valence-electron chi connectivity index (χ1n) is 11.8. The van der Waals surface area contributed by atoms with Gasteiger partial charge in [-0.25, -0.2) is 4.39 Å². The van der Waals surface area contributed by atoms with Gasteiger partial charge >= 0.3 is 5.97 Å². The van der Waals surface area contributed by atoms with E-state index in [1.165, 1.54) is 13.2 Å². The van der Waals surface area contributed by atoms with Gasteiger partial charge in [-0.1, -0.05) is 42.6 Å². The number of oxime groups is 1. The van der Waals surface area contributed by atoms with Crippen LogP contribution in [0.4, 0.5) is 4.39 Å². The molecule has 1 aliphatic rings. The Kier molecular flexibility index (Phi) is 11.7. The van der Waals surface area contributed by atoms with Gasteiger partial charge in [0.25, 0.3) is 0 Å². The number of rotatable bonds is 15. The van der Waals surface area contributed by atoms with Crippen molar-refractivity contribution >= 4 is 11.7 Å². The highest BCUT2D eigenvalue weighted by Crippen LogP contribution is 2.37. The summed E-state index contributed by atoms with van der Waals surface area (Å²) >= 11 is 0. The number of carboxylic acids is 1. The van der Waals surface area contributed by atoms with Crippen LogP contribution in [0, 0.1) is 17.7 Å². The third-order valence-corrected chi connectivity index (χ3v) is 6.50. The van der Waals surface area contributed by atoms with Gasteiger partial charge in [0, 0.05) is 18.8 Å². The zero-order chi connectivity index (χ0) is 23.3. The van der Waals surface area contributed by atoms with Gasteiger partial charge in [-0.15, -0.1) is 0 Å². The lowest BCUT2D eigenvalue weighted by Crippen LogP contribution is -2.22. The van der Waals surface area contributed by atoms with Gasteiger partial charge in [0.15, 0.2) is 0 Å². The summed E-state index contributed by atoms with van der Waals surface area (Å²) < 4.78 is 13.7. The number of aryl methyl sites for hydroxylation is 1. The van der Waals surface area contributed by atoms with Gasteiger partial charge in [-0.05, 0) is 62.5 Å². The minimum absolute atomic E-state index is 0.0742. The molecular formula is C25H38FNO5. The molecule has 1 aliphatic carbocycles. The number of carboxylic acid groups (broad SMARTS) is 1. The van der Waals surface area contributed by atoms with Crippen molar-refractivity contribution in [2.75, 3.05) is 7.11 Å². The summed E-state index contributed by atoms with van der Waals surface area (Å²) in [6.07, 6.45) is 7.30. The first-order valence-corrected chi connectivity index (χ1v) is 11.8. The van der Waals surface area contributed by atoms with E-state index in [9.17, 15) is 19.4 Å². The Hall–Kier alpha value is -1.99. The van der Waals surface area contributed by atoms with Crippen molar-refractivity contribution in [3.05, 3.63) is 35.6 Å². The van der Waals surface area contributed by atoms with E-state index in [0.29, 0.717) is 44.1 Å². The molecule has 0 amide bonds. The Balaban J connectivity index is 1.78. The van der Waals surface area contributed by atoms with Crippen LogP contribution >= 0.6 is 0 Å². The second-order valence-corrected chi connectivity index (χ2v) is 8.87. The number of hydrogen-bond donors (Lipinski definition) is 3. The van der Waals surface area contributed by atoms with E-state index in [1.54, 1.807) is 12.1 Å². The number of benzene rings is 1. The molecule has 0 heterocycles. The first-order chi connectivity index (χ1) is 15.4. The SMILES string of the molecule is CON=C1C[C@H](O)[C@H](CCCCCCC(=O)O)[C@H]1CC[C@@H](O)CCCc1ccccc1F. The van der Waals surface area contributed by atoms with Crippen LogP contribution in [-0.2, 0) is 16.1 Å². The van der Waals surface area contributed by atoms with E-state index in [0.717, 1.165) is 37.8 Å². The fraction of sp³-hybridized carbons (Fsp3) is 0.680. The molecule has 0 aromatic heterocycles. The highest BCUT2D eigenvalue weighted by molar-refractivity contribution is 5.89. The molecule has 0 aliphatic heterocycles. The molecule has 1 aromatic rings. The van der Waals surface area contributed by atoms with Crippen LogP contribution in [0.1, 0.15) is 76.2 Å². The number of aliphatic hydroxyl groups excluding tert-OH is 2. The molecule has 1 fully saturated rings. The molecule has 7 heteroatoms. The molecule has 0 radical (unpaired) electrons. The topological polar surface area (TPSA) is 99.4 Å². The van der Waals surface area contributed by atoms with Crippen LogP contribution in [-0.4, -0.2) is 46.3 Å². The normalized spacial score (nSPS) is 22.9. The lowest BCUT2D eigenvalue weighted by Gasteiger charge is -2.23. The van der Waals surface area contributed by atoms with E-state index in [-0.39, 0.29) is 24.1 Å². The standard InChI is InChI=1S/C25H38FNO5/c1-32-27-23-17-24(29)21(12-4-2-3-5-14-25(30)31)20(23)16-15-19(28)11-8-10-18-9-6-7-13-22(18)26/h6-7,9,13,19-21,24,28-29H,2-5,8,10-12,14-17H2,1H3,(H,30,31)/t19-,20+,21+,24-/m0/s1. The smallest absolute Gasteiger partial charge is 0.303 e. The minimum atomic E-state index is -0.760. The van der Waals surface area contributed by atoms with Gasteiger partial charge in [0.2, 0.25) is 0 Å². The quantitative estimate of drug-likeness (QED) is 0.265. The molecule has 1 aromatic carbocycles. The fourth-order valence-electron chi connectivity index (χ4n) is 4.78. The molecule has 0 bridgehead atoms. The van der Waals surface area contributed by atoms with Gasteiger partial charge in [0.05, 0.1) is 17.9 Å². The summed E-state index contributed by atoms with van der Waals surface area (Å²) in [5.74, 6) is -0.809. The van der Waals surface area contributed by atoms with Crippen molar-refractivity contribution in [2.45, 2.75) is 89.3 Å². The maximum atomic E-state index is 13.7. The summed E-state index contributed by atoms with van der Waals surface area (Å²) in [6.45, 7) is 0. The summed E-state index contributed by atoms with van der Waals surface area (Å²) in [4.78, 5) is 15.6. The van der Waals surface area contributed by atoms with Crippen LogP contribution in [0.3, 0.4) is 0 Å². The lowest BCUT2D eigenvalue weighted by atomic mass is 9.84. The number of aliphatic carboxylic acids is 1. The summed E-state index contributed by atoms with van der Waals surface area (Å²) in [6, 6.07) is 6.74. The number of nitrogens with zero attached hydrogens (tertiary/aromatic N) is 1. The second kappa shape index (κ2) is 14.2.